The Balaban J connectivity index is 1.92. The molecule has 1 N–H and O–H groups in total. The molecule has 0 amide bonds. The van der Waals surface area contributed by atoms with Crippen molar-refractivity contribution < 1.29 is 17.7 Å². The highest BCUT2D eigenvalue weighted by Gasteiger charge is 2.28. The first kappa shape index (κ1) is 19.6. The van der Waals surface area contributed by atoms with E-state index in [9.17, 15) is 17.7 Å². The van der Waals surface area contributed by atoms with Gasteiger partial charge < -0.3 is 14.8 Å². The topological polar surface area (TPSA) is 43.3 Å². The summed E-state index contributed by atoms with van der Waals surface area (Å²) in [4.78, 5) is 2.26. The summed E-state index contributed by atoms with van der Waals surface area (Å²) >= 11 is 1.59. The molecule has 2 aromatic carbocycles. The number of aromatic nitrogens is 1. The van der Waals surface area contributed by atoms with Crippen LogP contribution in [0.2, 0.25) is 0 Å². The van der Waals surface area contributed by atoms with E-state index in [4.69, 9.17) is 0 Å². The number of piperazine rings is 1. The van der Waals surface area contributed by atoms with Crippen LogP contribution in [0.1, 0.15) is 12.0 Å². The molecule has 0 saturated carbocycles. The fourth-order valence-corrected chi connectivity index (χ4v) is 5.06. The largest absolute Gasteiger partial charge is 0.587 e. The quantitative estimate of drug-likeness (QED) is 0.571. The molecule has 148 valence electrons. The monoisotopic (exact) mass is 471 g/mol. The number of nitrogens with one attached hydrogen (secondary N) is 1. The molecular weight excluding hydrogens is 455 g/mol. The molecule has 4 rings (SSSR count). The third-order valence-electron chi connectivity index (χ3n) is 4.71. The molecule has 28 heavy (non-hydrogen) atoms. The van der Waals surface area contributed by atoms with E-state index in [1.165, 1.54) is 28.4 Å². The van der Waals surface area contributed by atoms with Gasteiger partial charge >= 0.3 is 0 Å². The van der Waals surface area contributed by atoms with Gasteiger partial charge in [-0.25, -0.2) is 13.2 Å². The number of hydrogen-bond donors (Lipinski definition) is 1. The Morgan fingerprint density at radius 1 is 1.14 bits per heavy atom. The second-order valence-corrected chi connectivity index (χ2v) is 8.75. The molecule has 4 nitrogen and oxygen atoms in total. The number of benzene rings is 2. The molecule has 1 fully saturated rings. The summed E-state index contributed by atoms with van der Waals surface area (Å²) in [7, 11) is 0. The molecule has 2 heterocycles. The van der Waals surface area contributed by atoms with Crippen LogP contribution in [0, 0.1) is 5.82 Å². The highest BCUT2D eigenvalue weighted by atomic mass is 79.9. The lowest BCUT2D eigenvalue weighted by Gasteiger charge is -2.30. The van der Waals surface area contributed by atoms with Gasteiger partial charge in [-0.2, -0.15) is 3.97 Å². The molecule has 1 aliphatic rings. The van der Waals surface area contributed by atoms with Crippen molar-refractivity contribution in [3.05, 3.63) is 58.4 Å². The summed E-state index contributed by atoms with van der Waals surface area (Å²) in [5.74, 6) is -0.529. The van der Waals surface area contributed by atoms with Crippen LogP contribution in [0.3, 0.4) is 0 Å². The zero-order valence-corrected chi connectivity index (χ0v) is 17.1. The first-order valence-corrected chi connectivity index (χ1v) is 10.6. The third-order valence-corrected chi connectivity index (χ3v) is 6.49. The average Bonchev–Trinajstić information content (AvgIpc) is 3.07. The maximum Gasteiger partial charge on any atom is 0.266 e. The number of rotatable bonds is 4. The predicted octanol–water partition coefficient (Wildman–Crippen LogP) is 4.46. The molecule has 1 atom stereocenters. The molecule has 1 saturated heterocycles. The SMILES string of the molecule is [O-][S+](c1cccc(F)c1)n1cc(C(F)F)c2c(N3CCNCC3)cc(Br)cc21. The van der Waals surface area contributed by atoms with Crippen LogP contribution >= 0.6 is 15.9 Å². The van der Waals surface area contributed by atoms with Gasteiger partial charge in [-0.1, -0.05) is 22.0 Å². The first-order valence-electron chi connectivity index (χ1n) is 8.72. The van der Waals surface area contributed by atoms with Gasteiger partial charge in [0.25, 0.3) is 6.43 Å². The van der Waals surface area contributed by atoms with E-state index < -0.39 is 23.6 Å². The Bertz CT molecular complexity index is 1010. The number of anilines is 1. The average molecular weight is 472 g/mol. The van der Waals surface area contributed by atoms with E-state index in [1.54, 1.807) is 6.07 Å². The highest BCUT2D eigenvalue weighted by molar-refractivity contribution is 9.10. The Hall–Kier alpha value is -1.68. The summed E-state index contributed by atoms with van der Waals surface area (Å²) in [5, 5.41) is 3.62. The molecule has 1 aromatic heterocycles. The number of nitrogens with zero attached hydrogens (tertiary/aromatic N) is 2. The van der Waals surface area contributed by atoms with Gasteiger partial charge in [-0.15, -0.1) is 0 Å². The number of hydrogen-bond acceptors (Lipinski definition) is 3. The van der Waals surface area contributed by atoms with E-state index in [2.05, 4.69) is 21.2 Å². The lowest BCUT2D eigenvalue weighted by molar-refractivity contribution is 0.153. The van der Waals surface area contributed by atoms with Gasteiger partial charge in [0.15, 0.2) is 4.90 Å². The fraction of sp³-hybridized carbons (Fsp3) is 0.263. The van der Waals surface area contributed by atoms with Crippen molar-refractivity contribution in [1.29, 1.82) is 0 Å². The molecule has 9 heteroatoms. The third kappa shape index (κ3) is 3.63. The Kier molecular flexibility index (Phi) is 5.59. The van der Waals surface area contributed by atoms with Gasteiger partial charge in [0.1, 0.15) is 22.7 Å². The van der Waals surface area contributed by atoms with Crippen molar-refractivity contribution in [2.45, 2.75) is 11.3 Å². The minimum Gasteiger partial charge on any atom is -0.587 e. The smallest absolute Gasteiger partial charge is 0.266 e. The lowest BCUT2D eigenvalue weighted by atomic mass is 10.1. The Morgan fingerprint density at radius 2 is 1.89 bits per heavy atom. The molecule has 0 radical (unpaired) electrons. The zero-order valence-electron chi connectivity index (χ0n) is 14.7. The summed E-state index contributed by atoms with van der Waals surface area (Å²) in [6.45, 7) is 2.89. The van der Waals surface area contributed by atoms with Crippen LogP contribution < -0.4 is 10.2 Å². The van der Waals surface area contributed by atoms with E-state index in [0.717, 1.165) is 19.2 Å². The molecular formula is C19H17BrF3N3OS. The van der Waals surface area contributed by atoms with Crippen LogP contribution in [0.25, 0.3) is 10.9 Å². The van der Waals surface area contributed by atoms with Gasteiger partial charge in [-0.05, 0) is 24.3 Å². The number of alkyl halides is 2. The van der Waals surface area contributed by atoms with Crippen molar-refractivity contribution in [2.75, 3.05) is 31.1 Å². The molecule has 1 unspecified atom stereocenters. The molecule has 0 bridgehead atoms. The molecule has 1 aliphatic heterocycles. The second-order valence-electron chi connectivity index (χ2n) is 6.47. The van der Waals surface area contributed by atoms with Crippen molar-refractivity contribution in [2.24, 2.45) is 0 Å². The van der Waals surface area contributed by atoms with E-state index >= 15 is 0 Å². The zero-order chi connectivity index (χ0) is 19.8. The molecule has 0 spiro atoms. The minimum absolute atomic E-state index is 0.180. The van der Waals surface area contributed by atoms with Crippen molar-refractivity contribution in [3.63, 3.8) is 0 Å². The lowest BCUT2D eigenvalue weighted by Crippen LogP contribution is -2.43. The predicted molar refractivity (Wildman–Crippen MR) is 108 cm³/mol. The summed E-state index contributed by atoms with van der Waals surface area (Å²) in [6, 6.07) is 8.85. The van der Waals surface area contributed by atoms with E-state index in [-0.39, 0.29) is 10.5 Å². The maximum atomic E-state index is 13.9. The number of fused-ring (bicyclic) bond motifs is 1. The Labute approximate surface area is 171 Å². The Morgan fingerprint density at radius 3 is 2.57 bits per heavy atom. The maximum absolute atomic E-state index is 13.9. The van der Waals surface area contributed by atoms with Crippen molar-refractivity contribution in [3.8, 4) is 0 Å². The fourth-order valence-electron chi connectivity index (χ4n) is 3.46. The van der Waals surface area contributed by atoms with Crippen molar-refractivity contribution in [1.82, 2.24) is 9.29 Å². The molecule has 3 aromatic rings. The standard InChI is InChI=1S/C19H17BrF3N3OS/c20-12-8-16(25-6-4-24-5-7-25)18-15(19(22)23)11-26(17(18)9-12)28(27)14-3-1-2-13(21)10-14/h1-3,8-11,19,24H,4-7H2. The number of halogens is 4. The van der Waals surface area contributed by atoms with Gasteiger partial charge in [0.2, 0.25) is 0 Å². The van der Waals surface area contributed by atoms with Crippen LogP contribution in [-0.2, 0) is 11.4 Å². The van der Waals surface area contributed by atoms with Gasteiger partial charge in [-0.3, -0.25) is 0 Å². The normalized spacial score (nSPS) is 16.1. The summed E-state index contributed by atoms with van der Waals surface area (Å²) in [5.41, 5.74) is 0.915. The minimum atomic E-state index is -2.73. The van der Waals surface area contributed by atoms with Crippen LogP contribution in [-0.4, -0.2) is 34.7 Å². The summed E-state index contributed by atoms with van der Waals surface area (Å²) in [6.07, 6.45) is -1.51. The van der Waals surface area contributed by atoms with Crippen LogP contribution in [0.5, 0.6) is 0 Å². The first-order chi connectivity index (χ1) is 13.5. The summed E-state index contributed by atoms with van der Waals surface area (Å²) < 4.78 is 56.4. The van der Waals surface area contributed by atoms with E-state index in [0.29, 0.717) is 34.2 Å². The van der Waals surface area contributed by atoms with Gasteiger partial charge in [0.05, 0.1) is 11.8 Å². The van der Waals surface area contributed by atoms with Crippen molar-refractivity contribution >= 4 is 43.9 Å². The van der Waals surface area contributed by atoms with Crippen LogP contribution in [0.4, 0.5) is 18.9 Å². The van der Waals surface area contributed by atoms with Crippen LogP contribution in [0.15, 0.2) is 52.0 Å². The second kappa shape index (κ2) is 7.98. The molecule has 0 aliphatic carbocycles. The van der Waals surface area contributed by atoms with E-state index in [1.807, 2.05) is 11.0 Å². The highest BCUT2D eigenvalue weighted by Crippen LogP contribution is 2.40. The van der Waals surface area contributed by atoms with Gasteiger partial charge in [0, 0.05) is 47.8 Å².